The number of ether oxygens (including phenoxy) is 2. The Hall–Kier alpha value is -1.76. The van der Waals surface area contributed by atoms with Gasteiger partial charge in [0.25, 0.3) is 5.91 Å². The first-order valence-electron chi connectivity index (χ1n) is 7.95. The van der Waals surface area contributed by atoms with Crippen molar-refractivity contribution in [2.75, 3.05) is 33.9 Å². The monoisotopic (exact) mass is 400 g/mol. The molecule has 0 fully saturated rings. The number of carbonyl (C=O) groups excluding carboxylic acids is 2. The maximum Gasteiger partial charge on any atom is 0.254 e. The molecular formula is C17H25BrN2O4. The summed E-state index contributed by atoms with van der Waals surface area (Å²) in [4.78, 5) is 26.3. The zero-order chi connectivity index (χ0) is 18.1. The van der Waals surface area contributed by atoms with Gasteiger partial charge in [0.1, 0.15) is 16.0 Å². The number of methoxy groups -OCH3 is 2. The molecule has 1 rings (SSSR count). The molecule has 0 aliphatic heterocycles. The van der Waals surface area contributed by atoms with Crippen LogP contribution in [0.4, 0.5) is 0 Å². The van der Waals surface area contributed by atoms with Gasteiger partial charge in [0.2, 0.25) is 5.91 Å². The third kappa shape index (κ3) is 5.40. The second kappa shape index (κ2) is 10.2. The van der Waals surface area contributed by atoms with Gasteiger partial charge in [-0.15, -0.1) is 0 Å². The summed E-state index contributed by atoms with van der Waals surface area (Å²) in [6, 6.07) is 3.28. The van der Waals surface area contributed by atoms with Gasteiger partial charge in [-0.3, -0.25) is 9.59 Å². The maximum atomic E-state index is 12.8. The number of hydrogen-bond acceptors (Lipinski definition) is 4. The summed E-state index contributed by atoms with van der Waals surface area (Å²) in [6.07, 6.45) is 1.62. The number of nitrogens with zero attached hydrogens (tertiary/aromatic N) is 1. The van der Waals surface area contributed by atoms with E-state index in [1.165, 1.54) is 19.1 Å². The average Bonchev–Trinajstić information content (AvgIpc) is 2.59. The SMILES string of the molecule is CCCNC(=O)CN(CCC)C(=O)c1cc(OC)c(Br)c(OC)c1. The van der Waals surface area contributed by atoms with E-state index in [9.17, 15) is 9.59 Å². The molecule has 0 atom stereocenters. The third-order valence-electron chi connectivity index (χ3n) is 3.38. The fraction of sp³-hybridized carbons (Fsp3) is 0.529. The molecule has 1 aromatic rings. The highest BCUT2D eigenvalue weighted by molar-refractivity contribution is 9.10. The Balaban J connectivity index is 3.03. The lowest BCUT2D eigenvalue weighted by atomic mass is 10.1. The van der Waals surface area contributed by atoms with Crippen molar-refractivity contribution in [1.82, 2.24) is 10.2 Å². The van der Waals surface area contributed by atoms with Crippen molar-refractivity contribution in [1.29, 1.82) is 0 Å². The first-order valence-corrected chi connectivity index (χ1v) is 8.75. The van der Waals surface area contributed by atoms with E-state index >= 15 is 0 Å². The van der Waals surface area contributed by atoms with Crippen LogP contribution in [0, 0.1) is 0 Å². The predicted molar refractivity (Wildman–Crippen MR) is 96.7 cm³/mol. The number of halogens is 1. The van der Waals surface area contributed by atoms with E-state index in [1.54, 1.807) is 12.1 Å². The fourth-order valence-corrected chi connectivity index (χ4v) is 2.74. The molecule has 0 aromatic heterocycles. The van der Waals surface area contributed by atoms with Gasteiger partial charge >= 0.3 is 0 Å². The second-order valence-electron chi connectivity index (χ2n) is 5.27. The smallest absolute Gasteiger partial charge is 0.254 e. The molecule has 0 unspecified atom stereocenters. The van der Waals surface area contributed by atoms with Gasteiger partial charge in [-0.2, -0.15) is 0 Å². The van der Waals surface area contributed by atoms with Crippen molar-refractivity contribution in [3.05, 3.63) is 22.2 Å². The van der Waals surface area contributed by atoms with Crippen molar-refractivity contribution in [3.8, 4) is 11.5 Å². The van der Waals surface area contributed by atoms with Crippen molar-refractivity contribution in [2.45, 2.75) is 26.7 Å². The number of carbonyl (C=O) groups is 2. The third-order valence-corrected chi connectivity index (χ3v) is 4.16. The molecular weight excluding hydrogens is 376 g/mol. The topological polar surface area (TPSA) is 67.9 Å². The Morgan fingerprint density at radius 2 is 1.71 bits per heavy atom. The molecule has 0 spiro atoms. The summed E-state index contributed by atoms with van der Waals surface area (Å²) in [5, 5.41) is 2.79. The minimum atomic E-state index is -0.229. The lowest BCUT2D eigenvalue weighted by molar-refractivity contribution is -0.121. The Labute approximate surface area is 151 Å². The zero-order valence-corrected chi connectivity index (χ0v) is 16.2. The molecule has 1 aromatic carbocycles. The van der Waals surface area contributed by atoms with Crippen LogP contribution < -0.4 is 14.8 Å². The van der Waals surface area contributed by atoms with Gasteiger partial charge in [0, 0.05) is 18.7 Å². The largest absolute Gasteiger partial charge is 0.495 e. The first-order chi connectivity index (χ1) is 11.5. The number of benzene rings is 1. The molecule has 0 bridgehead atoms. The van der Waals surface area contributed by atoms with Crippen molar-refractivity contribution >= 4 is 27.7 Å². The molecule has 0 saturated carbocycles. The standard InChI is InChI=1S/C17H25BrN2O4/c1-5-7-19-15(21)11-20(8-6-2)17(22)12-9-13(23-3)16(18)14(10-12)24-4/h9-10H,5-8,11H2,1-4H3,(H,19,21). The molecule has 2 amide bonds. The number of nitrogens with one attached hydrogen (secondary N) is 1. The summed E-state index contributed by atoms with van der Waals surface area (Å²) in [6.45, 7) is 5.09. The van der Waals surface area contributed by atoms with Crippen LogP contribution in [0.2, 0.25) is 0 Å². The lowest BCUT2D eigenvalue weighted by Gasteiger charge is -2.22. The molecule has 7 heteroatoms. The molecule has 0 saturated heterocycles. The van der Waals surface area contributed by atoms with E-state index < -0.39 is 0 Å². The first kappa shape index (κ1) is 20.3. The van der Waals surface area contributed by atoms with Crippen LogP contribution in [0.15, 0.2) is 16.6 Å². The van der Waals surface area contributed by atoms with Gasteiger partial charge in [0.05, 0.1) is 20.8 Å². The highest BCUT2D eigenvalue weighted by atomic mass is 79.9. The Bertz CT molecular complexity index is 553. The van der Waals surface area contributed by atoms with Crippen LogP contribution in [0.1, 0.15) is 37.0 Å². The molecule has 24 heavy (non-hydrogen) atoms. The molecule has 134 valence electrons. The highest BCUT2D eigenvalue weighted by Gasteiger charge is 2.21. The summed E-state index contributed by atoms with van der Waals surface area (Å²) < 4.78 is 11.2. The van der Waals surface area contributed by atoms with Gasteiger partial charge in [-0.25, -0.2) is 0 Å². The molecule has 0 aliphatic rings. The van der Waals surface area contributed by atoms with Crippen molar-refractivity contribution in [3.63, 3.8) is 0 Å². The molecule has 0 radical (unpaired) electrons. The highest BCUT2D eigenvalue weighted by Crippen LogP contribution is 2.35. The Kier molecular flexibility index (Phi) is 8.60. The van der Waals surface area contributed by atoms with E-state index in [1.807, 2.05) is 13.8 Å². The van der Waals surface area contributed by atoms with E-state index in [0.29, 0.717) is 34.6 Å². The minimum Gasteiger partial charge on any atom is -0.495 e. The molecule has 0 heterocycles. The quantitative estimate of drug-likeness (QED) is 0.691. The molecule has 1 N–H and O–H groups in total. The van der Waals surface area contributed by atoms with Gasteiger partial charge in [0.15, 0.2) is 0 Å². The predicted octanol–water partition coefficient (Wildman–Crippen LogP) is 2.84. The van der Waals surface area contributed by atoms with Crippen LogP contribution in [0.5, 0.6) is 11.5 Å². The molecule has 6 nitrogen and oxygen atoms in total. The summed E-state index contributed by atoms with van der Waals surface area (Å²) in [5.74, 6) is 0.622. The summed E-state index contributed by atoms with van der Waals surface area (Å²) in [5.41, 5.74) is 0.420. The van der Waals surface area contributed by atoms with E-state index in [2.05, 4.69) is 21.2 Å². The van der Waals surface area contributed by atoms with Gasteiger partial charge in [-0.05, 0) is 40.9 Å². The van der Waals surface area contributed by atoms with E-state index in [-0.39, 0.29) is 18.4 Å². The number of hydrogen-bond donors (Lipinski definition) is 1. The van der Waals surface area contributed by atoms with Crippen LogP contribution >= 0.6 is 15.9 Å². The van der Waals surface area contributed by atoms with E-state index in [4.69, 9.17) is 9.47 Å². The summed E-state index contributed by atoms with van der Waals surface area (Å²) in [7, 11) is 3.05. The average molecular weight is 401 g/mol. The minimum absolute atomic E-state index is 0.0351. The van der Waals surface area contributed by atoms with Crippen LogP contribution in [-0.2, 0) is 4.79 Å². The lowest BCUT2D eigenvalue weighted by Crippen LogP contribution is -2.41. The fourth-order valence-electron chi connectivity index (χ4n) is 2.19. The van der Waals surface area contributed by atoms with Gasteiger partial charge in [-0.1, -0.05) is 13.8 Å². The molecule has 0 aliphatic carbocycles. The number of rotatable bonds is 9. The van der Waals surface area contributed by atoms with Crippen LogP contribution in [0.3, 0.4) is 0 Å². The zero-order valence-electron chi connectivity index (χ0n) is 14.6. The van der Waals surface area contributed by atoms with Crippen LogP contribution in [0.25, 0.3) is 0 Å². The summed E-state index contributed by atoms with van der Waals surface area (Å²) >= 11 is 3.38. The normalized spacial score (nSPS) is 10.2. The van der Waals surface area contributed by atoms with Gasteiger partial charge < -0.3 is 19.7 Å². The van der Waals surface area contributed by atoms with E-state index in [0.717, 1.165) is 12.8 Å². The van der Waals surface area contributed by atoms with Crippen LogP contribution in [-0.4, -0.2) is 50.6 Å². The maximum absolute atomic E-state index is 12.8. The Morgan fingerprint density at radius 3 is 2.17 bits per heavy atom. The second-order valence-corrected chi connectivity index (χ2v) is 6.06. The Morgan fingerprint density at radius 1 is 1.12 bits per heavy atom. The van der Waals surface area contributed by atoms with Crippen molar-refractivity contribution in [2.24, 2.45) is 0 Å². The number of amides is 2. The van der Waals surface area contributed by atoms with Crippen molar-refractivity contribution < 1.29 is 19.1 Å².